The summed E-state index contributed by atoms with van der Waals surface area (Å²) >= 11 is 0. The van der Waals surface area contributed by atoms with Crippen molar-refractivity contribution >= 4 is 93.3 Å². The standard InChI is InChI=1S/C80H108N4O8P4S4/c1-21-93(22-2)37-41-97(85,86)77-53(13)45-49(9)69(57(77)17)73-61-29-31-63(81-61)74(70-50(10)46-54(14)78(58(70)18)98(87,88)42-38-94(23-3)24-4)65-33-35-67(83-65)76(72-52(12)48-56(16)80(60(72)20)100(91,92)44-40-96(27-7)28-8)68-36-34-66(84-68)75(64-32-30-62(73)82-64)71-51(11)47-55(15)79(59(71)19)99(89,90)43-39-95(25-5)26-6/h29-36,45-48,81-84H,21-28,37-44H2,1-20H3/b73-61+,73-62?,74-63+,74-65?,75-64?,75-66+,76-67?,76-68+. The van der Waals surface area contributed by atoms with E-state index in [1.54, 1.807) is 0 Å². The van der Waals surface area contributed by atoms with Crippen LogP contribution in [0.25, 0.3) is 22.3 Å². The Balaban J connectivity index is 1.50. The van der Waals surface area contributed by atoms with Gasteiger partial charge >= 0.3 is 0 Å². The number of aryl methyl sites for hydroxylation is 8. The van der Waals surface area contributed by atoms with Crippen LogP contribution in [-0.2, 0) is 39.3 Å². The van der Waals surface area contributed by atoms with Crippen molar-refractivity contribution in [2.75, 3.05) is 97.0 Å². The number of fused-ring (bicyclic) bond motifs is 8. The van der Waals surface area contributed by atoms with Crippen LogP contribution in [0.15, 0.2) is 92.4 Å². The molecular formula is C80H108N4O8P4S4. The van der Waals surface area contributed by atoms with E-state index >= 15 is 33.7 Å². The zero-order chi connectivity index (χ0) is 73.4. The Hall–Kier alpha value is -5.00. The fourth-order valence-corrected chi connectivity index (χ4v) is 33.7. The van der Waals surface area contributed by atoms with Gasteiger partial charge < -0.3 is 19.9 Å². The molecule has 0 fully saturated rings. The van der Waals surface area contributed by atoms with E-state index in [-0.39, 0.29) is 23.0 Å². The molecule has 0 amide bonds. The van der Waals surface area contributed by atoms with Gasteiger partial charge in [-0.05, 0) is 295 Å². The van der Waals surface area contributed by atoms with Crippen LogP contribution in [0.5, 0.6) is 0 Å². The van der Waals surface area contributed by atoms with Gasteiger partial charge in [0.2, 0.25) is 0 Å². The fraction of sp³-hybridized carbons (Fsp3) is 0.450. The molecule has 0 spiro atoms. The highest BCUT2D eigenvalue weighted by Crippen LogP contribution is 2.44. The lowest BCUT2D eigenvalue weighted by Crippen LogP contribution is -2.22. The van der Waals surface area contributed by atoms with E-state index < -0.39 is 71.0 Å². The first kappa shape index (κ1) is 79.1. The summed E-state index contributed by atoms with van der Waals surface area (Å²) in [6, 6.07) is 24.2. The monoisotopic (exact) mass is 1500 g/mol. The second-order valence-electron chi connectivity index (χ2n) is 27.4. The molecule has 4 aromatic heterocycles. The van der Waals surface area contributed by atoms with Gasteiger partial charge in [-0.1, -0.05) is 79.7 Å². The Morgan fingerprint density at radius 3 is 0.610 bits per heavy atom. The maximum Gasteiger partial charge on any atom is 0.179 e. The summed E-state index contributed by atoms with van der Waals surface area (Å²) in [6.45, 7) is 40.5. The highest BCUT2D eigenvalue weighted by molar-refractivity contribution is 7.93. The maximum absolute atomic E-state index is 15.1. The van der Waals surface area contributed by atoms with Crippen LogP contribution < -0.4 is 21.4 Å². The smallest absolute Gasteiger partial charge is 0.179 e. The summed E-state index contributed by atoms with van der Waals surface area (Å²) in [6.07, 6.45) is 9.97. The molecule has 0 unspecified atom stereocenters. The van der Waals surface area contributed by atoms with Crippen molar-refractivity contribution in [1.82, 2.24) is 19.9 Å². The number of hydrogen-bond acceptors (Lipinski definition) is 8. The van der Waals surface area contributed by atoms with E-state index in [0.717, 1.165) is 93.8 Å². The first-order chi connectivity index (χ1) is 47.2. The van der Waals surface area contributed by atoms with Gasteiger partial charge in [-0.25, -0.2) is 33.7 Å². The molecule has 0 saturated carbocycles. The maximum atomic E-state index is 15.1. The number of sulfone groups is 4. The minimum atomic E-state index is -3.82. The van der Waals surface area contributed by atoms with Crippen LogP contribution in [0.3, 0.4) is 0 Å². The molecule has 9 rings (SSSR count). The normalized spacial score (nSPS) is 15.6. The topological polar surface area (TPSA) is 200 Å². The van der Waals surface area contributed by atoms with Gasteiger partial charge in [-0.2, -0.15) is 0 Å². The predicted molar refractivity (Wildman–Crippen MR) is 430 cm³/mol. The molecule has 0 aliphatic carbocycles. The van der Waals surface area contributed by atoms with Gasteiger partial charge in [0.25, 0.3) is 0 Å². The predicted octanol–water partition coefficient (Wildman–Crippen LogP) is 15.2. The first-order valence-corrected chi connectivity index (χ1v) is 49.9. The largest absolute Gasteiger partial charge is 0.354 e. The Bertz CT molecular complexity index is 4560. The lowest BCUT2D eigenvalue weighted by Gasteiger charge is -2.21. The number of aromatic amines is 4. The molecule has 20 heteroatoms. The van der Waals surface area contributed by atoms with Crippen LogP contribution in [0.4, 0.5) is 0 Å². The molecule has 0 saturated heterocycles. The van der Waals surface area contributed by atoms with E-state index in [9.17, 15) is 0 Å². The van der Waals surface area contributed by atoms with Gasteiger partial charge in [-0.15, -0.1) is 31.7 Å². The molecule has 0 radical (unpaired) electrons. The SMILES string of the molecule is CCP(CC)CCS(=O)(=O)c1c(C)cc(C)c(/C2=c3\cc/c([nH]3)=C(\c3c(C)cc(C)c(S(=O)(=O)CCP(CC)CC)c3C)c3ccc([nH]3)/C(c3c(C)cc(C)c(S(=O)(=O)CCP(CC)CC)c3C)=c3/cc/c([nH]3)=C(\c3c(C)cc(C)c(S(=O)(=O)CCP(CC)CC)c3C)c3ccc2[nH]3)c1C. The fourth-order valence-electron chi connectivity index (χ4n) is 16.1. The third-order valence-electron chi connectivity index (χ3n) is 21.0. The lowest BCUT2D eigenvalue weighted by atomic mass is 9.91. The minimum absolute atomic E-state index is 0.0327. The molecule has 4 N–H and O–H groups in total. The lowest BCUT2D eigenvalue weighted by molar-refractivity contribution is 0.594. The molecule has 5 heterocycles. The van der Waals surface area contributed by atoms with Crippen molar-refractivity contribution in [3.63, 3.8) is 0 Å². The summed E-state index contributed by atoms with van der Waals surface area (Å²) < 4.78 is 121. The summed E-state index contributed by atoms with van der Waals surface area (Å²) in [4.78, 5) is 17.0. The molecule has 8 bridgehead atoms. The Labute approximate surface area is 603 Å². The average molecular weight is 1510 g/mol. The Morgan fingerprint density at radius 1 is 0.260 bits per heavy atom. The number of nitrogens with one attached hydrogen (secondary N) is 4. The van der Waals surface area contributed by atoms with Crippen LogP contribution in [0.2, 0.25) is 0 Å². The van der Waals surface area contributed by atoms with Crippen LogP contribution >= 0.6 is 31.7 Å². The second-order valence-corrected chi connectivity index (χ2v) is 47.8. The molecule has 4 aromatic carbocycles. The van der Waals surface area contributed by atoms with E-state index in [0.29, 0.717) is 155 Å². The highest BCUT2D eigenvalue weighted by atomic mass is 32.2. The average Bonchev–Trinajstić information content (AvgIpc) is 1.45. The molecule has 1 aliphatic rings. The summed E-state index contributed by atoms with van der Waals surface area (Å²) in [5.41, 5.74) is 17.1. The summed E-state index contributed by atoms with van der Waals surface area (Å²) in [5, 5.41) is 2.66. The first-order valence-electron chi connectivity index (χ1n) is 35.7. The van der Waals surface area contributed by atoms with Gasteiger partial charge in [0.05, 0.1) is 42.6 Å². The Morgan fingerprint density at radius 2 is 0.440 bits per heavy atom. The number of rotatable bonds is 28. The Kier molecular flexibility index (Phi) is 25.4. The second kappa shape index (κ2) is 32.2. The number of benzene rings is 4. The molecule has 1 aliphatic heterocycles. The van der Waals surface area contributed by atoms with Crippen molar-refractivity contribution in [2.45, 2.75) is 158 Å². The zero-order valence-electron chi connectivity index (χ0n) is 62.9. The van der Waals surface area contributed by atoms with E-state index in [1.165, 1.54) is 0 Å². The van der Waals surface area contributed by atoms with Crippen LogP contribution in [-0.4, -0.2) is 151 Å². The minimum Gasteiger partial charge on any atom is -0.354 e. The van der Waals surface area contributed by atoms with Gasteiger partial charge in [0, 0.05) is 66.5 Å². The van der Waals surface area contributed by atoms with Crippen molar-refractivity contribution in [2.24, 2.45) is 0 Å². The van der Waals surface area contributed by atoms with E-state index in [4.69, 9.17) is 0 Å². The number of aromatic nitrogens is 4. The van der Waals surface area contributed by atoms with Crippen molar-refractivity contribution in [1.29, 1.82) is 0 Å². The van der Waals surface area contributed by atoms with E-state index in [1.807, 2.05) is 156 Å². The summed E-state index contributed by atoms with van der Waals surface area (Å²) in [5.74, 6) is 0.131. The zero-order valence-corrected chi connectivity index (χ0v) is 69.8. The van der Waals surface area contributed by atoms with E-state index in [2.05, 4.69) is 75.3 Å². The molecular weight excluding hydrogens is 1400 g/mol. The van der Waals surface area contributed by atoms with Crippen LogP contribution in [0, 0.1) is 83.1 Å². The van der Waals surface area contributed by atoms with Gasteiger partial charge in [0.15, 0.2) is 39.3 Å². The quantitative estimate of drug-likeness (QED) is 0.0347. The third kappa shape index (κ3) is 15.8. The number of hydrogen-bond donors (Lipinski definition) is 4. The van der Waals surface area contributed by atoms with Crippen molar-refractivity contribution < 1.29 is 33.7 Å². The van der Waals surface area contributed by atoms with Crippen LogP contribution in [0.1, 0.15) is 167 Å². The molecule has 100 heavy (non-hydrogen) atoms. The number of H-pyrrole nitrogens is 4. The highest BCUT2D eigenvalue weighted by Gasteiger charge is 2.33. The van der Waals surface area contributed by atoms with Gasteiger partial charge in [-0.3, -0.25) is 0 Å². The summed E-state index contributed by atoms with van der Waals surface area (Å²) in [7, 11) is -17.1. The molecule has 540 valence electrons. The molecule has 8 aromatic rings. The van der Waals surface area contributed by atoms with Gasteiger partial charge in [0.1, 0.15) is 0 Å². The molecule has 12 nitrogen and oxygen atoms in total. The van der Waals surface area contributed by atoms with Crippen molar-refractivity contribution in [3.8, 4) is 0 Å². The molecule has 0 atom stereocenters. The third-order valence-corrected chi connectivity index (χ3v) is 40.8. The van der Waals surface area contributed by atoms with Crippen molar-refractivity contribution in [3.05, 3.63) is 206 Å².